The van der Waals surface area contributed by atoms with Crippen molar-refractivity contribution in [1.29, 1.82) is 0 Å². The molecule has 2 aromatic carbocycles. The van der Waals surface area contributed by atoms with Gasteiger partial charge in [0.15, 0.2) is 0 Å². The van der Waals surface area contributed by atoms with Gasteiger partial charge in [-0.3, -0.25) is 0 Å². The monoisotopic (exact) mass is 305 g/mol. The van der Waals surface area contributed by atoms with Crippen molar-refractivity contribution in [1.82, 2.24) is 0 Å². The Balaban J connectivity index is 2.32. The van der Waals surface area contributed by atoms with Crippen LogP contribution in [-0.2, 0) is 0 Å². The van der Waals surface area contributed by atoms with Crippen LogP contribution in [0.4, 0.5) is 0 Å². The second-order valence-electron chi connectivity index (χ2n) is 4.09. The average molecular weight is 306 g/mol. The molecule has 1 unspecified atom stereocenters. The van der Waals surface area contributed by atoms with Gasteiger partial charge in [-0.05, 0) is 40.5 Å². The molecule has 0 saturated heterocycles. The first-order chi connectivity index (χ1) is 8.72. The van der Waals surface area contributed by atoms with Crippen LogP contribution in [0.15, 0.2) is 53.0 Å². The summed E-state index contributed by atoms with van der Waals surface area (Å²) in [5.41, 5.74) is 7.13. The maximum atomic E-state index is 6.10. The summed E-state index contributed by atoms with van der Waals surface area (Å²) in [5.74, 6) is 1.62. The van der Waals surface area contributed by atoms with Crippen LogP contribution in [-0.4, -0.2) is 0 Å². The fourth-order valence-corrected chi connectivity index (χ4v) is 2.11. The molecule has 0 aliphatic heterocycles. The molecule has 0 radical (unpaired) electrons. The molecule has 2 nitrogen and oxygen atoms in total. The molecule has 0 heterocycles. The number of hydrogen-bond acceptors (Lipinski definition) is 2. The Morgan fingerprint density at radius 3 is 2.33 bits per heavy atom. The fraction of sp³-hybridized carbons (Fsp3) is 0.200. The molecule has 0 saturated carbocycles. The zero-order valence-corrected chi connectivity index (χ0v) is 11.9. The first-order valence-corrected chi connectivity index (χ1v) is 6.78. The predicted octanol–water partition coefficient (Wildman–Crippen LogP) is 4.65. The average Bonchev–Trinajstić information content (AvgIpc) is 2.41. The lowest BCUT2D eigenvalue weighted by Gasteiger charge is -2.16. The third-order valence-electron chi connectivity index (χ3n) is 2.81. The maximum absolute atomic E-state index is 6.10. The Kier molecular flexibility index (Phi) is 4.39. The molecule has 0 aromatic heterocycles. The Bertz CT molecular complexity index is 527. The van der Waals surface area contributed by atoms with E-state index < -0.39 is 0 Å². The summed E-state index contributed by atoms with van der Waals surface area (Å²) >= 11 is 3.48. The molecular formula is C15H16BrNO. The molecule has 3 heteroatoms. The summed E-state index contributed by atoms with van der Waals surface area (Å²) < 4.78 is 6.87. The minimum absolute atomic E-state index is 0.00341. The van der Waals surface area contributed by atoms with E-state index in [1.807, 2.05) is 48.5 Å². The van der Waals surface area contributed by atoms with Crippen molar-refractivity contribution in [2.75, 3.05) is 0 Å². The van der Waals surface area contributed by atoms with E-state index in [-0.39, 0.29) is 6.04 Å². The first-order valence-electron chi connectivity index (χ1n) is 5.99. The van der Waals surface area contributed by atoms with Crippen molar-refractivity contribution in [2.24, 2.45) is 5.73 Å². The predicted molar refractivity (Wildman–Crippen MR) is 77.9 cm³/mol. The number of nitrogens with two attached hydrogens (primary N) is 1. The molecule has 2 rings (SSSR count). The van der Waals surface area contributed by atoms with Gasteiger partial charge in [0.2, 0.25) is 0 Å². The molecule has 18 heavy (non-hydrogen) atoms. The molecular weight excluding hydrogens is 290 g/mol. The topological polar surface area (TPSA) is 35.2 Å². The highest BCUT2D eigenvalue weighted by atomic mass is 79.9. The molecule has 0 aliphatic carbocycles. The highest BCUT2D eigenvalue weighted by Gasteiger charge is 2.11. The van der Waals surface area contributed by atoms with E-state index in [0.29, 0.717) is 0 Å². The van der Waals surface area contributed by atoms with Crippen LogP contribution in [0.3, 0.4) is 0 Å². The smallest absolute Gasteiger partial charge is 0.141 e. The van der Waals surface area contributed by atoms with Gasteiger partial charge < -0.3 is 10.5 Å². The third-order valence-corrected chi connectivity index (χ3v) is 3.47. The van der Waals surface area contributed by atoms with E-state index in [0.717, 1.165) is 28.0 Å². The van der Waals surface area contributed by atoms with Gasteiger partial charge in [-0.1, -0.05) is 37.3 Å². The molecule has 0 bridgehead atoms. The van der Waals surface area contributed by atoms with E-state index in [1.54, 1.807) is 0 Å². The lowest BCUT2D eigenvalue weighted by molar-refractivity contribution is 0.466. The van der Waals surface area contributed by atoms with Gasteiger partial charge >= 0.3 is 0 Å². The Morgan fingerprint density at radius 1 is 1.06 bits per heavy atom. The van der Waals surface area contributed by atoms with Gasteiger partial charge in [0.1, 0.15) is 11.5 Å². The van der Waals surface area contributed by atoms with Crippen LogP contribution in [0.25, 0.3) is 0 Å². The van der Waals surface area contributed by atoms with Crippen LogP contribution in [0.5, 0.6) is 11.5 Å². The van der Waals surface area contributed by atoms with Crippen molar-refractivity contribution in [3.63, 3.8) is 0 Å². The quantitative estimate of drug-likeness (QED) is 0.892. The van der Waals surface area contributed by atoms with Crippen molar-refractivity contribution in [3.05, 3.63) is 58.6 Å². The summed E-state index contributed by atoms with van der Waals surface area (Å²) in [7, 11) is 0. The fourth-order valence-electron chi connectivity index (χ4n) is 1.75. The van der Waals surface area contributed by atoms with Crippen molar-refractivity contribution < 1.29 is 4.74 Å². The lowest BCUT2D eigenvalue weighted by Crippen LogP contribution is -2.09. The second-order valence-corrected chi connectivity index (χ2v) is 4.94. The van der Waals surface area contributed by atoms with E-state index in [9.17, 15) is 0 Å². The van der Waals surface area contributed by atoms with Crippen LogP contribution in [0, 0.1) is 0 Å². The molecule has 0 aliphatic rings. The van der Waals surface area contributed by atoms with Crippen molar-refractivity contribution in [2.45, 2.75) is 19.4 Å². The summed E-state index contributed by atoms with van der Waals surface area (Å²) in [4.78, 5) is 0. The van der Waals surface area contributed by atoms with Gasteiger partial charge in [0.25, 0.3) is 0 Å². The Labute approximate surface area is 116 Å². The molecule has 94 valence electrons. The summed E-state index contributed by atoms with van der Waals surface area (Å²) in [5, 5.41) is 0. The molecule has 0 spiro atoms. The largest absolute Gasteiger partial charge is 0.456 e. The Hall–Kier alpha value is -1.32. The first kappa shape index (κ1) is 13.1. The molecule has 1 atom stereocenters. The maximum Gasteiger partial charge on any atom is 0.141 e. The van der Waals surface area contributed by atoms with E-state index in [1.165, 1.54) is 0 Å². The Morgan fingerprint density at radius 2 is 1.67 bits per heavy atom. The molecule has 2 N–H and O–H groups in total. The summed E-state index contributed by atoms with van der Waals surface area (Å²) in [6.07, 6.45) is 0.885. The second kappa shape index (κ2) is 6.03. The number of benzene rings is 2. The van der Waals surface area contributed by atoms with Crippen molar-refractivity contribution >= 4 is 15.9 Å². The number of rotatable bonds is 4. The third kappa shape index (κ3) is 2.92. The van der Waals surface area contributed by atoms with Gasteiger partial charge in [-0.15, -0.1) is 0 Å². The number of halogens is 1. The highest BCUT2D eigenvalue weighted by molar-refractivity contribution is 9.10. The lowest BCUT2D eigenvalue weighted by atomic mass is 10.0. The van der Waals surface area contributed by atoms with Crippen LogP contribution >= 0.6 is 15.9 Å². The normalized spacial score (nSPS) is 12.2. The van der Waals surface area contributed by atoms with E-state index >= 15 is 0 Å². The zero-order chi connectivity index (χ0) is 13.0. The number of ether oxygens (including phenoxy) is 1. The number of para-hydroxylation sites is 2. The van der Waals surface area contributed by atoms with Gasteiger partial charge in [0.05, 0.1) is 4.47 Å². The summed E-state index contributed by atoms with van der Waals surface area (Å²) in [6.45, 7) is 2.07. The van der Waals surface area contributed by atoms with E-state index in [2.05, 4.69) is 22.9 Å². The van der Waals surface area contributed by atoms with Gasteiger partial charge in [-0.2, -0.15) is 0 Å². The number of hydrogen-bond donors (Lipinski definition) is 1. The van der Waals surface area contributed by atoms with E-state index in [4.69, 9.17) is 10.5 Å². The molecule has 0 fully saturated rings. The SMILES string of the molecule is CCC(N)c1ccccc1Oc1ccccc1Br. The zero-order valence-electron chi connectivity index (χ0n) is 10.3. The van der Waals surface area contributed by atoms with Gasteiger partial charge in [0, 0.05) is 11.6 Å². The van der Waals surface area contributed by atoms with Crippen molar-refractivity contribution in [3.8, 4) is 11.5 Å². The van der Waals surface area contributed by atoms with Crippen LogP contribution in [0.1, 0.15) is 24.9 Å². The highest BCUT2D eigenvalue weighted by Crippen LogP contribution is 2.33. The minimum Gasteiger partial charge on any atom is -0.456 e. The molecule has 2 aromatic rings. The minimum atomic E-state index is 0.00341. The standard InChI is InChI=1S/C15H16BrNO/c1-2-13(17)11-7-3-5-9-14(11)18-15-10-6-4-8-12(15)16/h3-10,13H,2,17H2,1H3. The van der Waals surface area contributed by atoms with Gasteiger partial charge in [-0.25, -0.2) is 0 Å². The summed E-state index contributed by atoms with van der Waals surface area (Å²) in [6, 6.07) is 15.7. The van der Waals surface area contributed by atoms with Crippen LogP contribution in [0.2, 0.25) is 0 Å². The molecule has 0 amide bonds. The van der Waals surface area contributed by atoms with Crippen LogP contribution < -0.4 is 10.5 Å².